The molecule has 0 spiro atoms. The van der Waals surface area contributed by atoms with Gasteiger partial charge in [-0.05, 0) is 33.2 Å². The number of para-hydroxylation sites is 1. The quantitative estimate of drug-likeness (QED) is 0.865. The van der Waals surface area contributed by atoms with Crippen LogP contribution in [0.5, 0.6) is 5.75 Å². The van der Waals surface area contributed by atoms with Crippen LogP contribution >= 0.6 is 0 Å². The Hall–Kier alpha value is -1.85. The molecule has 0 amide bonds. The zero-order valence-electron chi connectivity index (χ0n) is 14.4. The van der Waals surface area contributed by atoms with Crippen LogP contribution in [-0.2, 0) is 4.74 Å². The second-order valence-corrected chi connectivity index (χ2v) is 6.34. The summed E-state index contributed by atoms with van der Waals surface area (Å²) >= 11 is 0. The summed E-state index contributed by atoms with van der Waals surface area (Å²) in [5, 5.41) is 1.14. The zero-order chi connectivity index (χ0) is 16.4. The van der Waals surface area contributed by atoms with Gasteiger partial charge in [-0.1, -0.05) is 12.1 Å². The number of methoxy groups -OCH3 is 1. The lowest BCUT2D eigenvalue weighted by Crippen LogP contribution is -2.46. The highest BCUT2D eigenvalue weighted by molar-refractivity contribution is 5.95. The van der Waals surface area contributed by atoms with Crippen molar-refractivity contribution in [1.29, 1.82) is 0 Å². The number of benzene rings is 1. The molecule has 3 rings (SSSR count). The van der Waals surface area contributed by atoms with E-state index in [4.69, 9.17) is 9.47 Å². The van der Waals surface area contributed by atoms with Gasteiger partial charge < -0.3 is 19.3 Å². The molecule has 1 aromatic heterocycles. The Labute approximate surface area is 137 Å². The van der Waals surface area contributed by atoms with E-state index in [1.807, 2.05) is 19.1 Å². The summed E-state index contributed by atoms with van der Waals surface area (Å²) in [4.78, 5) is 9.26. The molecule has 1 aliphatic rings. The van der Waals surface area contributed by atoms with Gasteiger partial charge in [-0.2, -0.15) is 0 Å². The van der Waals surface area contributed by atoms with E-state index in [1.165, 1.54) is 5.69 Å². The average Bonchev–Trinajstić information content (AvgIpc) is 2.53. The van der Waals surface area contributed by atoms with Crippen molar-refractivity contribution >= 4 is 16.6 Å². The van der Waals surface area contributed by atoms with Crippen LogP contribution in [0.2, 0.25) is 0 Å². The molecule has 0 aliphatic carbocycles. The molecule has 2 heterocycles. The van der Waals surface area contributed by atoms with Gasteiger partial charge in [0.1, 0.15) is 11.3 Å². The maximum atomic E-state index is 5.90. The highest BCUT2D eigenvalue weighted by Crippen LogP contribution is 2.32. The Balaban J connectivity index is 1.98. The Kier molecular flexibility index (Phi) is 4.68. The molecule has 124 valence electrons. The molecule has 0 bridgehead atoms. The monoisotopic (exact) mass is 315 g/mol. The van der Waals surface area contributed by atoms with E-state index >= 15 is 0 Å². The number of aryl methyl sites for hydroxylation is 1. The Morgan fingerprint density at radius 3 is 2.96 bits per heavy atom. The second kappa shape index (κ2) is 6.72. The van der Waals surface area contributed by atoms with E-state index in [0.717, 1.165) is 48.6 Å². The molecule has 5 nitrogen and oxygen atoms in total. The van der Waals surface area contributed by atoms with Crippen molar-refractivity contribution in [2.45, 2.75) is 13.0 Å². The summed E-state index contributed by atoms with van der Waals surface area (Å²) in [5.74, 6) is 0.825. The third-order valence-electron chi connectivity index (χ3n) is 4.18. The van der Waals surface area contributed by atoms with Crippen molar-refractivity contribution in [2.75, 3.05) is 52.3 Å². The van der Waals surface area contributed by atoms with E-state index in [-0.39, 0.29) is 6.10 Å². The predicted molar refractivity (Wildman–Crippen MR) is 93.5 cm³/mol. The number of ether oxygens (including phenoxy) is 2. The minimum Gasteiger partial charge on any atom is -0.494 e. The SMILES string of the molecule is COc1cccc2c(N3CCOC(CN(C)C)C3)cc(C)nc12. The average molecular weight is 315 g/mol. The van der Waals surface area contributed by atoms with Crippen LogP contribution in [0.3, 0.4) is 0 Å². The van der Waals surface area contributed by atoms with Gasteiger partial charge in [-0.3, -0.25) is 0 Å². The molecule has 1 unspecified atom stereocenters. The van der Waals surface area contributed by atoms with Crippen LogP contribution in [-0.4, -0.2) is 63.4 Å². The molecule has 23 heavy (non-hydrogen) atoms. The van der Waals surface area contributed by atoms with Crippen molar-refractivity contribution < 1.29 is 9.47 Å². The summed E-state index contributed by atoms with van der Waals surface area (Å²) < 4.78 is 11.4. The fourth-order valence-electron chi connectivity index (χ4n) is 3.21. The van der Waals surface area contributed by atoms with Crippen molar-refractivity contribution in [2.24, 2.45) is 0 Å². The third-order valence-corrected chi connectivity index (χ3v) is 4.18. The van der Waals surface area contributed by atoms with Crippen LogP contribution < -0.4 is 9.64 Å². The van der Waals surface area contributed by atoms with Gasteiger partial charge in [-0.15, -0.1) is 0 Å². The number of morpholine rings is 1. The summed E-state index contributed by atoms with van der Waals surface area (Å²) in [7, 11) is 5.86. The van der Waals surface area contributed by atoms with Crippen LogP contribution in [0, 0.1) is 6.92 Å². The highest BCUT2D eigenvalue weighted by atomic mass is 16.5. The van der Waals surface area contributed by atoms with Gasteiger partial charge >= 0.3 is 0 Å². The third kappa shape index (κ3) is 3.41. The molecule has 5 heteroatoms. The Morgan fingerprint density at radius 2 is 2.22 bits per heavy atom. The minimum absolute atomic E-state index is 0.230. The number of pyridine rings is 1. The van der Waals surface area contributed by atoms with Gasteiger partial charge in [0, 0.05) is 36.4 Å². The van der Waals surface area contributed by atoms with Gasteiger partial charge in [0.05, 0.1) is 19.8 Å². The lowest BCUT2D eigenvalue weighted by molar-refractivity contribution is 0.0248. The maximum Gasteiger partial charge on any atom is 0.145 e. The summed E-state index contributed by atoms with van der Waals surface area (Å²) in [5.41, 5.74) is 3.16. The number of anilines is 1. The molecule has 1 saturated heterocycles. The number of rotatable bonds is 4. The minimum atomic E-state index is 0.230. The van der Waals surface area contributed by atoms with Gasteiger partial charge in [0.15, 0.2) is 0 Å². The van der Waals surface area contributed by atoms with Gasteiger partial charge in [-0.25, -0.2) is 4.98 Å². The predicted octanol–water partition coefficient (Wildman–Crippen LogP) is 2.32. The first kappa shape index (κ1) is 16.0. The van der Waals surface area contributed by atoms with Crippen LogP contribution in [0.4, 0.5) is 5.69 Å². The lowest BCUT2D eigenvalue weighted by atomic mass is 10.1. The largest absolute Gasteiger partial charge is 0.494 e. The van der Waals surface area contributed by atoms with Crippen LogP contribution in [0.15, 0.2) is 24.3 Å². The molecule has 0 radical (unpaired) electrons. The number of nitrogens with zero attached hydrogens (tertiary/aromatic N) is 3. The molecule has 1 aliphatic heterocycles. The zero-order valence-corrected chi connectivity index (χ0v) is 14.4. The Bertz CT molecular complexity index is 687. The smallest absolute Gasteiger partial charge is 0.145 e. The molecule has 1 atom stereocenters. The molecular formula is C18H25N3O2. The summed E-state index contributed by atoms with van der Waals surface area (Å²) in [6.07, 6.45) is 0.230. The number of aromatic nitrogens is 1. The number of hydrogen-bond donors (Lipinski definition) is 0. The topological polar surface area (TPSA) is 37.8 Å². The van der Waals surface area contributed by atoms with Crippen molar-refractivity contribution in [3.05, 3.63) is 30.0 Å². The lowest BCUT2D eigenvalue weighted by Gasteiger charge is -2.36. The molecule has 1 fully saturated rings. The molecule has 0 saturated carbocycles. The molecule has 1 aromatic carbocycles. The van der Waals surface area contributed by atoms with Gasteiger partial charge in [0.2, 0.25) is 0 Å². The molecular weight excluding hydrogens is 290 g/mol. The number of hydrogen-bond acceptors (Lipinski definition) is 5. The molecule has 2 aromatic rings. The van der Waals surface area contributed by atoms with Crippen LogP contribution in [0.25, 0.3) is 10.9 Å². The van der Waals surface area contributed by atoms with E-state index < -0.39 is 0 Å². The van der Waals surface area contributed by atoms with E-state index in [9.17, 15) is 0 Å². The first-order valence-corrected chi connectivity index (χ1v) is 8.04. The maximum absolute atomic E-state index is 5.90. The fourth-order valence-corrected chi connectivity index (χ4v) is 3.21. The Morgan fingerprint density at radius 1 is 1.39 bits per heavy atom. The number of likely N-dealkylation sites (N-methyl/N-ethyl adjacent to an activating group) is 1. The van der Waals surface area contributed by atoms with Crippen molar-refractivity contribution in [1.82, 2.24) is 9.88 Å². The van der Waals surface area contributed by atoms with Crippen molar-refractivity contribution in [3.8, 4) is 5.75 Å². The normalized spacial score (nSPS) is 18.7. The van der Waals surface area contributed by atoms with Crippen molar-refractivity contribution in [3.63, 3.8) is 0 Å². The second-order valence-electron chi connectivity index (χ2n) is 6.34. The summed E-state index contributed by atoms with van der Waals surface area (Å²) in [6, 6.07) is 8.28. The highest BCUT2D eigenvalue weighted by Gasteiger charge is 2.23. The standard InChI is InChI=1S/C18H25N3O2/c1-13-10-16(15-6-5-7-17(22-4)18(15)19-13)21-8-9-23-14(12-21)11-20(2)3/h5-7,10,14H,8-9,11-12H2,1-4H3. The first-order chi connectivity index (χ1) is 11.1. The van der Waals surface area contributed by atoms with Gasteiger partial charge in [0.25, 0.3) is 0 Å². The summed E-state index contributed by atoms with van der Waals surface area (Å²) in [6.45, 7) is 5.52. The van der Waals surface area contributed by atoms with Crippen LogP contribution in [0.1, 0.15) is 5.69 Å². The van der Waals surface area contributed by atoms with E-state index in [0.29, 0.717) is 0 Å². The fraction of sp³-hybridized carbons (Fsp3) is 0.500. The van der Waals surface area contributed by atoms with E-state index in [2.05, 4.69) is 41.0 Å². The number of fused-ring (bicyclic) bond motifs is 1. The van der Waals surface area contributed by atoms with E-state index in [1.54, 1.807) is 7.11 Å². The molecule has 0 N–H and O–H groups in total. The first-order valence-electron chi connectivity index (χ1n) is 8.04.